The van der Waals surface area contributed by atoms with Crippen molar-refractivity contribution in [2.24, 2.45) is 0 Å². The molecule has 0 bridgehead atoms. The molecule has 0 saturated carbocycles. The van der Waals surface area contributed by atoms with Crippen molar-refractivity contribution in [1.29, 1.82) is 0 Å². The van der Waals surface area contributed by atoms with Crippen molar-refractivity contribution in [2.45, 2.75) is 57.5 Å². The van der Waals surface area contributed by atoms with Crippen LogP contribution in [0.1, 0.15) is 47.9 Å². The van der Waals surface area contributed by atoms with Gasteiger partial charge in [-0.3, -0.25) is 10.8 Å². The molecule has 36 heavy (non-hydrogen) atoms. The van der Waals surface area contributed by atoms with E-state index in [0.717, 1.165) is 79.1 Å². The topological polar surface area (TPSA) is 79.4 Å². The second-order valence-electron chi connectivity index (χ2n) is 9.24. The van der Waals surface area contributed by atoms with E-state index in [1.54, 1.807) is 6.07 Å². The average Bonchev–Trinajstić information content (AvgIpc) is 3.59. The van der Waals surface area contributed by atoms with E-state index >= 15 is 0 Å². The third-order valence-corrected chi connectivity index (χ3v) is 6.85. The summed E-state index contributed by atoms with van der Waals surface area (Å²) in [4.78, 5) is 5.44. The van der Waals surface area contributed by atoms with Crippen molar-refractivity contribution in [3.63, 3.8) is 0 Å². The maximum Gasteiger partial charge on any atom is 0.183 e. The molecule has 2 fully saturated rings. The molecule has 2 aromatic rings. The summed E-state index contributed by atoms with van der Waals surface area (Å²) in [6, 6.07) is 7.46. The Morgan fingerprint density at radius 2 is 1.94 bits per heavy atom. The van der Waals surface area contributed by atoms with Gasteiger partial charge in [-0.15, -0.1) is 0 Å². The minimum Gasteiger partial charge on any atom is -0.493 e. The van der Waals surface area contributed by atoms with Gasteiger partial charge >= 0.3 is 0 Å². The highest BCUT2D eigenvalue weighted by atomic mass is 32.1. The zero-order chi connectivity index (χ0) is 24.7. The lowest BCUT2D eigenvalue weighted by Gasteiger charge is -2.24. The molecule has 8 nitrogen and oxygen atoms in total. The minimum atomic E-state index is -0.388. The van der Waals surface area contributed by atoms with Gasteiger partial charge in [-0.2, -0.15) is 0 Å². The van der Waals surface area contributed by atoms with Crippen molar-refractivity contribution in [3.05, 3.63) is 52.3 Å². The zero-order valence-electron chi connectivity index (χ0n) is 20.2. The van der Waals surface area contributed by atoms with E-state index in [4.69, 9.17) is 28.0 Å². The van der Waals surface area contributed by atoms with Crippen molar-refractivity contribution in [3.8, 4) is 11.5 Å². The molecule has 0 radical (unpaired) electrons. The Kier molecular flexibility index (Phi) is 8.84. The fourth-order valence-corrected chi connectivity index (χ4v) is 5.00. The lowest BCUT2D eigenvalue weighted by Crippen LogP contribution is -2.37. The molecule has 0 aliphatic carbocycles. The van der Waals surface area contributed by atoms with E-state index in [9.17, 15) is 4.39 Å². The quantitative estimate of drug-likeness (QED) is 0.175. The van der Waals surface area contributed by atoms with Gasteiger partial charge in [0.15, 0.2) is 6.29 Å². The zero-order valence-corrected chi connectivity index (χ0v) is 21.1. The summed E-state index contributed by atoms with van der Waals surface area (Å²) >= 11 is 3.98. The first kappa shape index (κ1) is 25.6. The number of nitrogens with one attached hydrogen (secondary N) is 2. The molecule has 0 unspecified atom stereocenters. The highest BCUT2D eigenvalue weighted by Crippen LogP contribution is 2.41. The Bertz CT molecular complexity index is 1030. The van der Waals surface area contributed by atoms with Gasteiger partial charge < -0.3 is 23.1 Å². The maximum absolute atomic E-state index is 14.8. The molecular formula is C26H33FN2O6S. The van der Waals surface area contributed by atoms with Crippen LogP contribution in [-0.4, -0.2) is 45.5 Å². The minimum absolute atomic E-state index is 0.278. The lowest BCUT2D eigenvalue weighted by atomic mass is 9.97. The second-order valence-corrected chi connectivity index (χ2v) is 9.49. The van der Waals surface area contributed by atoms with Crippen molar-refractivity contribution < 1.29 is 32.4 Å². The van der Waals surface area contributed by atoms with Crippen LogP contribution in [0.4, 0.5) is 10.1 Å². The number of fused-ring (bicyclic) bond motifs is 1. The van der Waals surface area contributed by atoms with Gasteiger partial charge in [-0.05, 0) is 61.5 Å². The number of rotatable bonds is 11. The predicted octanol–water partition coefficient (Wildman–Crippen LogP) is 4.30. The normalized spacial score (nSPS) is 19.8. The number of ether oxygens (including phenoxy) is 4. The highest BCUT2D eigenvalue weighted by Gasteiger charge is 2.26. The third-order valence-electron chi connectivity index (χ3n) is 6.72. The number of hydrogen-bond acceptors (Lipinski definition) is 9. The smallest absolute Gasteiger partial charge is 0.183 e. The van der Waals surface area contributed by atoms with Crippen LogP contribution in [0.2, 0.25) is 0 Å². The fraction of sp³-hybridized carbons (Fsp3) is 0.538. The Morgan fingerprint density at radius 1 is 1.06 bits per heavy atom. The van der Waals surface area contributed by atoms with E-state index in [-0.39, 0.29) is 24.4 Å². The first-order valence-corrected chi connectivity index (χ1v) is 12.9. The van der Waals surface area contributed by atoms with Gasteiger partial charge in [0.25, 0.3) is 0 Å². The Morgan fingerprint density at radius 3 is 2.72 bits per heavy atom. The molecule has 3 aliphatic heterocycles. The molecule has 2 saturated heterocycles. The average molecular weight is 521 g/mol. The van der Waals surface area contributed by atoms with Gasteiger partial charge in [0.2, 0.25) is 0 Å². The van der Waals surface area contributed by atoms with Gasteiger partial charge in [-0.1, -0.05) is 6.07 Å². The summed E-state index contributed by atoms with van der Waals surface area (Å²) in [5, 5.41) is 3.46. The van der Waals surface area contributed by atoms with Gasteiger partial charge in [0, 0.05) is 49.6 Å². The van der Waals surface area contributed by atoms with Crippen LogP contribution < -0.4 is 20.3 Å². The molecule has 196 valence electrons. The number of halogens is 1. The highest BCUT2D eigenvalue weighted by molar-refractivity contribution is 7.75. The van der Waals surface area contributed by atoms with Crippen LogP contribution in [-0.2, 0) is 37.9 Å². The lowest BCUT2D eigenvalue weighted by molar-refractivity contribution is -0.0890. The summed E-state index contributed by atoms with van der Waals surface area (Å²) in [6.07, 6.45) is 4.59. The van der Waals surface area contributed by atoms with Crippen LogP contribution in [0.15, 0.2) is 24.3 Å². The molecule has 2 N–H and O–H groups in total. The molecule has 10 heteroatoms. The first-order valence-electron chi connectivity index (χ1n) is 12.5. The van der Waals surface area contributed by atoms with Crippen LogP contribution in [0.5, 0.6) is 11.5 Å². The number of hydrogen-bond donors (Lipinski definition) is 3. The summed E-state index contributed by atoms with van der Waals surface area (Å²) in [5.41, 5.74) is 6.65. The number of thiol groups is 1. The van der Waals surface area contributed by atoms with Gasteiger partial charge in [0.1, 0.15) is 24.0 Å². The molecule has 0 aromatic heterocycles. The van der Waals surface area contributed by atoms with Gasteiger partial charge in [-0.25, -0.2) is 9.23 Å². The van der Waals surface area contributed by atoms with Crippen molar-refractivity contribution in [1.82, 2.24) is 5.32 Å². The molecule has 3 heterocycles. The fourth-order valence-electron chi connectivity index (χ4n) is 4.86. The molecule has 3 aliphatic rings. The van der Waals surface area contributed by atoms with E-state index in [0.29, 0.717) is 32.4 Å². The van der Waals surface area contributed by atoms with E-state index in [1.165, 1.54) is 6.07 Å². The monoisotopic (exact) mass is 520 g/mol. The first-order chi connectivity index (χ1) is 17.7. The predicted molar refractivity (Wildman–Crippen MR) is 135 cm³/mol. The molecule has 0 spiro atoms. The molecule has 5 rings (SSSR count). The molecule has 1 atom stereocenters. The number of benzene rings is 2. The van der Waals surface area contributed by atoms with Crippen molar-refractivity contribution >= 4 is 18.6 Å². The molecule has 0 amide bonds. The third kappa shape index (κ3) is 6.24. The molecule has 2 aromatic carbocycles. The van der Waals surface area contributed by atoms with E-state index in [1.807, 2.05) is 12.1 Å². The Balaban J connectivity index is 1.29. The van der Waals surface area contributed by atoms with Crippen LogP contribution in [0.3, 0.4) is 0 Å². The molecular weight excluding hydrogens is 487 g/mol. The summed E-state index contributed by atoms with van der Waals surface area (Å²) in [5.74, 6) is 1.20. The van der Waals surface area contributed by atoms with Crippen LogP contribution in [0.25, 0.3) is 0 Å². The SMILES string of the molecule is Fc1cc(Cc2cc(COS)c(OCNC3CCOCC3)c3c2OCC3)ccc1NO[C@@H]1CCCO1. The van der Waals surface area contributed by atoms with Crippen LogP contribution >= 0.6 is 12.9 Å². The van der Waals surface area contributed by atoms with Crippen molar-refractivity contribution in [2.75, 3.05) is 38.6 Å². The second kappa shape index (κ2) is 12.4. The standard InChI is InChI=1S/C26H33FN2O6S/c27-22-13-17(3-4-23(22)29-35-24-2-1-8-31-24)12-18-14-19(15-34-36)26(21-7-11-32-25(18)21)33-16-28-20-5-9-30-10-6-20/h3-4,13-14,20,24,28-29,36H,1-2,5-12,15-16H2/t24-/m1/s1. The maximum atomic E-state index is 14.8. The summed E-state index contributed by atoms with van der Waals surface area (Å²) < 4.78 is 43.0. The Hall–Kier alpha value is -2.08. The summed E-state index contributed by atoms with van der Waals surface area (Å²) in [7, 11) is 0. The largest absolute Gasteiger partial charge is 0.493 e. The van der Waals surface area contributed by atoms with E-state index in [2.05, 4.69) is 23.7 Å². The Labute approximate surface area is 216 Å². The number of anilines is 1. The summed E-state index contributed by atoms with van der Waals surface area (Å²) in [6.45, 7) is 3.46. The van der Waals surface area contributed by atoms with E-state index < -0.39 is 0 Å². The van der Waals surface area contributed by atoms with Crippen LogP contribution in [0, 0.1) is 5.82 Å². The van der Waals surface area contributed by atoms with Gasteiger partial charge in [0.05, 0.1) is 25.5 Å².